The molecule has 104 valence electrons. The molecule has 1 fully saturated rings. The topological polar surface area (TPSA) is 21.3 Å². The summed E-state index contributed by atoms with van der Waals surface area (Å²) in [6.07, 6.45) is 1.18. The highest BCUT2D eigenvalue weighted by atomic mass is 35.5. The zero-order chi connectivity index (χ0) is 13.8. The molecule has 1 N–H and O–H groups in total. The summed E-state index contributed by atoms with van der Waals surface area (Å²) in [5.41, 5.74) is 1.21. The molecule has 2 aromatic rings. The van der Waals surface area contributed by atoms with Crippen LogP contribution in [-0.2, 0) is 0 Å². The summed E-state index contributed by atoms with van der Waals surface area (Å²) in [4.78, 5) is 0. The van der Waals surface area contributed by atoms with Crippen LogP contribution in [0, 0.1) is 5.92 Å². The molecule has 0 unspecified atom stereocenters. The Morgan fingerprint density at radius 1 is 1.05 bits per heavy atom. The number of ether oxygens (including phenoxy) is 1. The van der Waals surface area contributed by atoms with Crippen LogP contribution in [0.5, 0.6) is 5.75 Å². The van der Waals surface area contributed by atoms with Crippen LogP contribution >= 0.6 is 11.6 Å². The second-order valence-electron chi connectivity index (χ2n) is 5.13. The monoisotopic (exact) mass is 287 g/mol. The van der Waals surface area contributed by atoms with E-state index in [1.54, 1.807) is 0 Å². The molecular formula is C17H18ClNO. The summed E-state index contributed by atoms with van der Waals surface area (Å²) < 4.78 is 6.24. The Morgan fingerprint density at radius 2 is 1.80 bits per heavy atom. The van der Waals surface area contributed by atoms with Crippen molar-refractivity contribution < 1.29 is 4.74 Å². The van der Waals surface area contributed by atoms with E-state index in [4.69, 9.17) is 16.3 Å². The molecule has 1 aliphatic rings. The van der Waals surface area contributed by atoms with Gasteiger partial charge in [-0.2, -0.15) is 0 Å². The average molecular weight is 288 g/mol. The second kappa shape index (κ2) is 6.29. The van der Waals surface area contributed by atoms with E-state index in [9.17, 15) is 0 Å². The summed E-state index contributed by atoms with van der Waals surface area (Å²) >= 11 is 6.22. The van der Waals surface area contributed by atoms with Gasteiger partial charge in [0.15, 0.2) is 0 Å². The van der Waals surface area contributed by atoms with Gasteiger partial charge < -0.3 is 10.1 Å². The molecule has 0 aliphatic carbocycles. The van der Waals surface area contributed by atoms with E-state index in [0.29, 0.717) is 10.9 Å². The van der Waals surface area contributed by atoms with E-state index in [1.165, 1.54) is 5.56 Å². The first-order valence-corrected chi connectivity index (χ1v) is 7.39. The smallest absolute Gasteiger partial charge is 0.138 e. The number of hydrogen-bond acceptors (Lipinski definition) is 2. The highest BCUT2D eigenvalue weighted by Crippen LogP contribution is 2.34. The Kier molecular flexibility index (Phi) is 4.24. The Bertz CT molecular complexity index is 552. The van der Waals surface area contributed by atoms with Gasteiger partial charge in [0.2, 0.25) is 0 Å². The minimum Gasteiger partial charge on any atom is -0.484 e. The lowest BCUT2D eigenvalue weighted by Crippen LogP contribution is -2.21. The predicted molar refractivity (Wildman–Crippen MR) is 82.2 cm³/mol. The van der Waals surface area contributed by atoms with Crippen LogP contribution in [0.25, 0.3) is 0 Å². The van der Waals surface area contributed by atoms with E-state index in [-0.39, 0.29) is 6.10 Å². The van der Waals surface area contributed by atoms with Crippen molar-refractivity contribution in [2.45, 2.75) is 12.5 Å². The van der Waals surface area contributed by atoms with Crippen LogP contribution in [0.4, 0.5) is 0 Å². The standard InChI is InChI=1S/C17H18ClNO/c18-15-8-4-5-9-16(15)20-17(14-10-11-19-12-14)13-6-2-1-3-7-13/h1-9,14,17,19H,10-12H2/t14-,17-/m1/s1. The first-order valence-electron chi connectivity index (χ1n) is 7.01. The highest BCUT2D eigenvalue weighted by molar-refractivity contribution is 6.32. The maximum atomic E-state index is 6.24. The fourth-order valence-corrected chi connectivity index (χ4v) is 2.87. The Labute approximate surface area is 124 Å². The molecule has 1 aliphatic heterocycles. The number of benzene rings is 2. The van der Waals surface area contributed by atoms with Crippen molar-refractivity contribution >= 4 is 11.6 Å². The third-order valence-electron chi connectivity index (χ3n) is 3.75. The molecule has 0 radical (unpaired) electrons. The van der Waals surface area contributed by atoms with Gasteiger partial charge in [0.25, 0.3) is 0 Å². The van der Waals surface area contributed by atoms with Gasteiger partial charge in [-0.25, -0.2) is 0 Å². The fourth-order valence-electron chi connectivity index (χ4n) is 2.69. The zero-order valence-corrected chi connectivity index (χ0v) is 12.0. The van der Waals surface area contributed by atoms with Crippen molar-refractivity contribution in [2.75, 3.05) is 13.1 Å². The number of hydrogen-bond donors (Lipinski definition) is 1. The lowest BCUT2D eigenvalue weighted by Gasteiger charge is -2.25. The summed E-state index contributed by atoms with van der Waals surface area (Å²) in [5, 5.41) is 4.08. The first kappa shape index (κ1) is 13.5. The van der Waals surface area contributed by atoms with Crippen LogP contribution in [0.1, 0.15) is 18.1 Å². The Hall–Kier alpha value is -1.51. The molecule has 0 saturated carbocycles. The van der Waals surface area contributed by atoms with E-state index in [1.807, 2.05) is 30.3 Å². The summed E-state index contributed by atoms with van der Waals surface area (Å²) in [6.45, 7) is 2.05. The van der Waals surface area contributed by atoms with Crippen LogP contribution in [0.15, 0.2) is 54.6 Å². The SMILES string of the molecule is Clc1ccccc1O[C@H](c1ccccc1)[C@@H]1CCNC1. The molecule has 20 heavy (non-hydrogen) atoms. The third kappa shape index (κ3) is 2.97. The normalized spacial score (nSPS) is 19.8. The molecule has 3 rings (SSSR count). The highest BCUT2D eigenvalue weighted by Gasteiger charge is 2.28. The van der Waals surface area contributed by atoms with Crippen LogP contribution in [0.3, 0.4) is 0 Å². The predicted octanol–water partition coefficient (Wildman–Crippen LogP) is 4.07. The number of nitrogens with one attached hydrogen (secondary N) is 1. The van der Waals surface area contributed by atoms with Gasteiger partial charge in [-0.1, -0.05) is 54.1 Å². The molecule has 0 amide bonds. The van der Waals surface area contributed by atoms with Crippen molar-refractivity contribution in [1.82, 2.24) is 5.32 Å². The first-order chi connectivity index (χ1) is 9.84. The van der Waals surface area contributed by atoms with Crippen molar-refractivity contribution in [3.63, 3.8) is 0 Å². The molecule has 1 heterocycles. The van der Waals surface area contributed by atoms with Gasteiger partial charge in [-0.3, -0.25) is 0 Å². The molecule has 2 atom stereocenters. The summed E-state index contributed by atoms with van der Waals surface area (Å²) in [6, 6.07) is 18.1. The van der Waals surface area contributed by atoms with Gasteiger partial charge in [0.1, 0.15) is 11.9 Å². The summed E-state index contributed by atoms with van der Waals surface area (Å²) in [5.74, 6) is 1.24. The van der Waals surface area contributed by atoms with Gasteiger partial charge in [-0.05, 0) is 30.7 Å². The molecule has 0 spiro atoms. The molecule has 3 heteroatoms. The van der Waals surface area contributed by atoms with Crippen LogP contribution in [0.2, 0.25) is 5.02 Å². The van der Waals surface area contributed by atoms with Crippen molar-refractivity contribution in [1.29, 1.82) is 0 Å². The maximum Gasteiger partial charge on any atom is 0.138 e. The van der Waals surface area contributed by atoms with Crippen molar-refractivity contribution in [3.05, 3.63) is 65.2 Å². The van der Waals surface area contributed by atoms with E-state index >= 15 is 0 Å². The van der Waals surface area contributed by atoms with Crippen molar-refractivity contribution in [3.8, 4) is 5.75 Å². The minimum atomic E-state index is 0.0473. The number of para-hydroxylation sites is 1. The van der Waals surface area contributed by atoms with E-state index < -0.39 is 0 Å². The molecular weight excluding hydrogens is 270 g/mol. The maximum absolute atomic E-state index is 6.24. The van der Waals surface area contributed by atoms with Gasteiger partial charge in [0, 0.05) is 12.5 Å². The molecule has 0 aromatic heterocycles. The fraction of sp³-hybridized carbons (Fsp3) is 0.294. The lowest BCUT2D eigenvalue weighted by atomic mass is 9.95. The summed E-state index contributed by atoms with van der Waals surface area (Å²) in [7, 11) is 0. The quantitative estimate of drug-likeness (QED) is 0.915. The minimum absolute atomic E-state index is 0.0473. The molecule has 0 bridgehead atoms. The van der Waals surface area contributed by atoms with E-state index in [2.05, 4.69) is 29.6 Å². The molecule has 2 nitrogen and oxygen atoms in total. The third-order valence-corrected chi connectivity index (χ3v) is 4.06. The van der Waals surface area contributed by atoms with Crippen molar-refractivity contribution in [2.24, 2.45) is 5.92 Å². The lowest BCUT2D eigenvalue weighted by molar-refractivity contribution is 0.144. The Balaban J connectivity index is 1.88. The number of rotatable bonds is 4. The number of halogens is 1. The average Bonchev–Trinajstić information content (AvgIpc) is 3.01. The van der Waals surface area contributed by atoms with Gasteiger partial charge >= 0.3 is 0 Å². The van der Waals surface area contributed by atoms with Crippen LogP contribution < -0.4 is 10.1 Å². The molecule has 1 saturated heterocycles. The van der Waals surface area contributed by atoms with Gasteiger partial charge in [0.05, 0.1) is 5.02 Å². The Morgan fingerprint density at radius 3 is 2.50 bits per heavy atom. The zero-order valence-electron chi connectivity index (χ0n) is 11.3. The largest absolute Gasteiger partial charge is 0.484 e. The second-order valence-corrected chi connectivity index (χ2v) is 5.54. The van der Waals surface area contributed by atoms with Gasteiger partial charge in [-0.15, -0.1) is 0 Å². The van der Waals surface area contributed by atoms with E-state index in [0.717, 1.165) is 25.3 Å². The molecule has 2 aromatic carbocycles. The van der Waals surface area contributed by atoms with Crippen LogP contribution in [-0.4, -0.2) is 13.1 Å².